The molecule has 1 amide bonds. The summed E-state index contributed by atoms with van der Waals surface area (Å²) in [7, 11) is 0. The standard InChI is InChI=1S/C15H13FN2O3S/c16-11-4-2-1-3-10(11)14-17-7-12(22-14)13(19)18-9-5-8(6-9)15(20)21/h1-4,7-9H,5-6H2,(H,18,19)(H,20,21). The van der Waals surface area contributed by atoms with E-state index in [4.69, 9.17) is 5.11 Å². The Morgan fingerprint density at radius 3 is 2.73 bits per heavy atom. The summed E-state index contributed by atoms with van der Waals surface area (Å²) in [6.45, 7) is 0. The molecule has 1 aliphatic carbocycles. The Balaban J connectivity index is 1.66. The normalized spacial score (nSPS) is 20.2. The van der Waals surface area contributed by atoms with Gasteiger partial charge in [0.05, 0.1) is 12.1 Å². The van der Waals surface area contributed by atoms with Gasteiger partial charge < -0.3 is 10.4 Å². The predicted octanol–water partition coefficient (Wildman–Crippen LogP) is 2.54. The molecule has 1 fully saturated rings. The maximum absolute atomic E-state index is 13.7. The molecular formula is C15H13FN2O3S. The smallest absolute Gasteiger partial charge is 0.306 e. The molecule has 1 aliphatic rings. The third-order valence-corrected chi connectivity index (χ3v) is 4.69. The van der Waals surface area contributed by atoms with Crippen LogP contribution >= 0.6 is 11.3 Å². The van der Waals surface area contributed by atoms with Gasteiger partial charge in [-0.15, -0.1) is 11.3 Å². The van der Waals surface area contributed by atoms with Crippen molar-refractivity contribution in [3.8, 4) is 10.6 Å². The second-order valence-electron chi connectivity index (χ2n) is 5.19. The molecule has 0 aliphatic heterocycles. The molecule has 114 valence electrons. The van der Waals surface area contributed by atoms with E-state index in [0.717, 1.165) is 11.3 Å². The fourth-order valence-corrected chi connectivity index (χ4v) is 3.18. The lowest BCUT2D eigenvalue weighted by atomic mass is 9.80. The number of hydrogen-bond acceptors (Lipinski definition) is 4. The quantitative estimate of drug-likeness (QED) is 0.907. The predicted molar refractivity (Wildman–Crippen MR) is 79.1 cm³/mol. The summed E-state index contributed by atoms with van der Waals surface area (Å²) < 4.78 is 13.7. The minimum Gasteiger partial charge on any atom is -0.481 e. The van der Waals surface area contributed by atoms with E-state index in [9.17, 15) is 14.0 Å². The maximum Gasteiger partial charge on any atom is 0.306 e. The Hall–Kier alpha value is -2.28. The van der Waals surface area contributed by atoms with E-state index in [0.29, 0.717) is 28.3 Å². The van der Waals surface area contributed by atoms with Crippen LogP contribution in [0.25, 0.3) is 10.6 Å². The highest BCUT2D eigenvalue weighted by Crippen LogP contribution is 2.30. The van der Waals surface area contributed by atoms with Crippen molar-refractivity contribution < 1.29 is 19.1 Å². The number of nitrogens with zero attached hydrogens (tertiary/aromatic N) is 1. The van der Waals surface area contributed by atoms with Crippen LogP contribution in [0.4, 0.5) is 4.39 Å². The third kappa shape index (κ3) is 2.85. The van der Waals surface area contributed by atoms with E-state index in [-0.39, 0.29) is 23.7 Å². The fourth-order valence-electron chi connectivity index (χ4n) is 2.33. The number of aliphatic carboxylic acids is 1. The summed E-state index contributed by atoms with van der Waals surface area (Å²) in [5.41, 5.74) is 0.362. The van der Waals surface area contributed by atoms with Crippen molar-refractivity contribution >= 4 is 23.2 Å². The number of aromatic nitrogens is 1. The van der Waals surface area contributed by atoms with Gasteiger partial charge in [0.2, 0.25) is 0 Å². The minimum atomic E-state index is -0.829. The maximum atomic E-state index is 13.7. The molecular weight excluding hydrogens is 307 g/mol. The Morgan fingerprint density at radius 2 is 2.05 bits per heavy atom. The van der Waals surface area contributed by atoms with Gasteiger partial charge in [-0.2, -0.15) is 0 Å². The molecule has 2 N–H and O–H groups in total. The van der Waals surface area contributed by atoms with Gasteiger partial charge in [-0.1, -0.05) is 12.1 Å². The van der Waals surface area contributed by atoms with E-state index in [1.54, 1.807) is 18.2 Å². The van der Waals surface area contributed by atoms with E-state index >= 15 is 0 Å². The average Bonchev–Trinajstić information content (AvgIpc) is 2.91. The van der Waals surface area contributed by atoms with Gasteiger partial charge in [-0.05, 0) is 25.0 Å². The van der Waals surface area contributed by atoms with Gasteiger partial charge in [-0.25, -0.2) is 9.37 Å². The van der Waals surface area contributed by atoms with E-state index in [1.165, 1.54) is 12.3 Å². The van der Waals surface area contributed by atoms with Gasteiger partial charge in [0.15, 0.2) is 0 Å². The molecule has 0 bridgehead atoms. The largest absolute Gasteiger partial charge is 0.481 e. The molecule has 1 aromatic heterocycles. The molecule has 5 nitrogen and oxygen atoms in total. The first-order chi connectivity index (χ1) is 10.5. The molecule has 0 saturated heterocycles. The number of halogens is 1. The van der Waals surface area contributed by atoms with Crippen molar-refractivity contribution in [1.82, 2.24) is 10.3 Å². The second-order valence-corrected chi connectivity index (χ2v) is 6.22. The fraction of sp³-hybridized carbons (Fsp3) is 0.267. The number of amides is 1. The number of thiazole rings is 1. The molecule has 0 spiro atoms. The lowest BCUT2D eigenvalue weighted by molar-refractivity contribution is -0.145. The summed E-state index contributed by atoms with van der Waals surface area (Å²) in [6.07, 6.45) is 2.30. The van der Waals surface area contributed by atoms with Crippen molar-refractivity contribution in [2.75, 3.05) is 0 Å². The first-order valence-electron chi connectivity index (χ1n) is 6.79. The van der Waals surface area contributed by atoms with E-state index in [1.807, 2.05) is 0 Å². The monoisotopic (exact) mass is 320 g/mol. The second kappa shape index (κ2) is 5.84. The van der Waals surface area contributed by atoms with Crippen molar-refractivity contribution in [2.24, 2.45) is 5.92 Å². The van der Waals surface area contributed by atoms with E-state index in [2.05, 4.69) is 10.3 Å². The van der Waals surface area contributed by atoms with Crippen molar-refractivity contribution in [2.45, 2.75) is 18.9 Å². The highest BCUT2D eigenvalue weighted by Gasteiger charge is 2.35. The number of benzene rings is 1. The Bertz CT molecular complexity index is 725. The molecule has 3 rings (SSSR count). The summed E-state index contributed by atoms with van der Waals surface area (Å²) in [6, 6.07) is 6.14. The van der Waals surface area contributed by atoms with Crippen molar-refractivity contribution in [1.29, 1.82) is 0 Å². The zero-order chi connectivity index (χ0) is 15.7. The van der Waals surface area contributed by atoms with Gasteiger partial charge in [0, 0.05) is 11.6 Å². The van der Waals surface area contributed by atoms with Crippen LogP contribution in [0.3, 0.4) is 0 Å². The molecule has 1 saturated carbocycles. The average molecular weight is 320 g/mol. The molecule has 0 unspecified atom stereocenters. The molecule has 7 heteroatoms. The first kappa shape index (κ1) is 14.6. The molecule has 0 atom stereocenters. The SMILES string of the molecule is O=C(NC1CC(C(=O)O)C1)c1cnc(-c2ccccc2F)s1. The minimum absolute atomic E-state index is 0.118. The molecule has 1 heterocycles. The number of hydrogen-bond donors (Lipinski definition) is 2. The Kier molecular flexibility index (Phi) is 3.89. The number of carbonyl (C=O) groups is 2. The van der Waals surface area contributed by atoms with Crippen LogP contribution in [0.1, 0.15) is 22.5 Å². The number of rotatable bonds is 4. The van der Waals surface area contributed by atoms with Crippen LogP contribution in [0, 0.1) is 11.7 Å². The van der Waals surface area contributed by atoms with Crippen LogP contribution in [0.5, 0.6) is 0 Å². The summed E-state index contributed by atoms with van der Waals surface area (Å²) in [5.74, 6) is -1.88. The zero-order valence-electron chi connectivity index (χ0n) is 11.5. The number of carbonyl (C=O) groups excluding carboxylic acids is 1. The van der Waals surface area contributed by atoms with Crippen LogP contribution in [-0.2, 0) is 4.79 Å². The van der Waals surface area contributed by atoms with Gasteiger partial charge in [0.1, 0.15) is 15.7 Å². The van der Waals surface area contributed by atoms with Crippen molar-refractivity contribution in [3.63, 3.8) is 0 Å². The molecule has 2 aromatic rings. The van der Waals surface area contributed by atoms with Gasteiger partial charge in [0.25, 0.3) is 5.91 Å². The molecule has 1 aromatic carbocycles. The summed E-state index contributed by atoms with van der Waals surface area (Å²) in [4.78, 5) is 27.3. The van der Waals surface area contributed by atoms with Crippen molar-refractivity contribution in [3.05, 3.63) is 41.2 Å². The highest BCUT2D eigenvalue weighted by atomic mass is 32.1. The Labute approximate surface area is 129 Å². The zero-order valence-corrected chi connectivity index (χ0v) is 12.3. The first-order valence-corrected chi connectivity index (χ1v) is 7.60. The van der Waals surface area contributed by atoms with Crippen LogP contribution in [-0.4, -0.2) is 28.0 Å². The topological polar surface area (TPSA) is 79.3 Å². The van der Waals surface area contributed by atoms with Gasteiger partial charge in [-0.3, -0.25) is 9.59 Å². The van der Waals surface area contributed by atoms with Crippen LogP contribution in [0.15, 0.2) is 30.5 Å². The number of nitrogens with one attached hydrogen (secondary N) is 1. The number of carboxylic acid groups (broad SMARTS) is 1. The third-order valence-electron chi connectivity index (χ3n) is 3.66. The Morgan fingerprint density at radius 1 is 1.32 bits per heavy atom. The summed E-state index contributed by atoms with van der Waals surface area (Å²) >= 11 is 1.11. The highest BCUT2D eigenvalue weighted by molar-refractivity contribution is 7.16. The van der Waals surface area contributed by atoms with Gasteiger partial charge >= 0.3 is 5.97 Å². The lowest BCUT2D eigenvalue weighted by Crippen LogP contribution is -2.46. The van der Waals surface area contributed by atoms with E-state index < -0.39 is 5.97 Å². The lowest BCUT2D eigenvalue weighted by Gasteiger charge is -2.32. The van der Waals surface area contributed by atoms with Crippen LogP contribution in [0.2, 0.25) is 0 Å². The summed E-state index contributed by atoms with van der Waals surface area (Å²) in [5, 5.41) is 12.0. The van der Waals surface area contributed by atoms with Crippen LogP contribution < -0.4 is 5.32 Å². The molecule has 22 heavy (non-hydrogen) atoms. The number of carboxylic acids is 1. The molecule has 0 radical (unpaired) electrons.